The Morgan fingerprint density at radius 2 is 1.92 bits per heavy atom. The van der Waals surface area contributed by atoms with Gasteiger partial charge in [-0.3, -0.25) is 0 Å². The molecule has 0 saturated heterocycles. The lowest BCUT2D eigenvalue weighted by atomic mass is 10.1. The molecule has 0 bridgehead atoms. The summed E-state index contributed by atoms with van der Waals surface area (Å²) in [7, 11) is -3.57. The summed E-state index contributed by atoms with van der Waals surface area (Å²) >= 11 is 6.16. The summed E-state index contributed by atoms with van der Waals surface area (Å²) in [5, 5.41) is 10.5. The van der Waals surface area contributed by atoms with Crippen molar-refractivity contribution in [3.8, 4) is 17.2 Å². The van der Waals surface area contributed by atoms with E-state index in [-0.39, 0.29) is 22.3 Å². The zero-order valence-corrected chi connectivity index (χ0v) is 15.6. The van der Waals surface area contributed by atoms with E-state index in [0.29, 0.717) is 16.5 Å². The minimum Gasteiger partial charge on any atom is -0.507 e. The van der Waals surface area contributed by atoms with Crippen molar-refractivity contribution in [3.63, 3.8) is 0 Å². The number of ether oxygens (including phenoxy) is 1. The number of aromatic hydroxyl groups is 1. The number of para-hydroxylation sites is 1. The number of phenols is 1. The fourth-order valence-electron chi connectivity index (χ4n) is 3.25. The van der Waals surface area contributed by atoms with E-state index in [4.69, 9.17) is 16.3 Å². The Morgan fingerprint density at radius 3 is 2.60 bits per heavy atom. The van der Waals surface area contributed by atoms with Crippen LogP contribution in [0, 0.1) is 12.8 Å². The van der Waals surface area contributed by atoms with Gasteiger partial charge in [-0.15, -0.1) is 0 Å². The molecule has 1 N–H and O–H groups in total. The Labute approximate surface area is 153 Å². The number of benzene rings is 2. The molecule has 0 unspecified atom stereocenters. The minimum absolute atomic E-state index is 0.0646. The molecule has 134 valence electrons. The third-order valence-electron chi connectivity index (χ3n) is 4.58. The number of rotatable bonds is 5. The van der Waals surface area contributed by atoms with Crippen molar-refractivity contribution in [1.29, 1.82) is 0 Å². The van der Waals surface area contributed by atoms with E-state index in [1.54, 1.807) is 6.07 Å². The highest BCUT2D eigenvalue weighted by molar-refractivity contribution is 7.91. The third kappa shape index (κ3) is 4.10. The maximum absolute atomic E-state index is 12.7. The molecular formula is C19H21ClO4S. The molecule has 1 saturated carbocycles. The lowest BCUT2D eigenvalue weighted by molar-refractivity contribution is 0.447. The van der Waals surface area contributed by atoms with E-state index in [2.05, 4.69) is 0 Å². The maximum atomic E-state index is 12.7. The Balaban J connectivity index is 1.90. The summed E-state index contributed by atoms with van der Waals surface area (Å²) in [6.07, 6.45) is 3.99. The molecule has 0 spiro atoms. The molecule has 2 aromatic rings. The Morgan fingerprint density at radius 1 is 1.20 bits per heavy atom. The molecule has 6 heteroatoms. The molecule has 2 aromatic carbocycles. The van der Waals surface area contributed by atoms with Gasteiger partial charge in [-0.2, -0.15) is 0 Å². The number of hydrogen-bond donors (Lipinski definition) is 1. The van der Waals surface area contributed by atoms with Gasteiger partial charge in [0.2, 0.25) is 0 Å². The highest BCUT2D eigenvalue weighted by Gasteiger charge is 2.26. The summed E-state index contributed by atoms with van der Waals surface area (Å²) in [5.74, 6) is 0.795. The van der Waals surface area contributed by atoms with Crippen molar-refractivity contribution in [2.45, 2.75) is 37.5 Å². The molecule has 1 fully saturated rings. The lowest BCUT2D eigenvalue weighted by Crippen LogP contribution is -2.14. The van der Waals surface area contributed by atoms with Gasteiger partial charge in [0.05, 0.1) is 10.8 Å². The molecular weight excluding hydrogens is 360 g/mol. The predicted octanol–water partition coefficient (Wildman–Crippen LogP) is 5.11. The SMILES string of the molecule is Cc1cccc(Cl)c1Oc1ccc(O)c(S(=O)(=O)CC2CCCC2)c1. The second-order valence-electron chi connectivity index (χ2n) is 6.55. The quantitative estimate of drug-likeness (QED) is 0.782. The summed E-state index contributed by atoms with van der Waals surface area (Å²) in [6.45, 7) is 1.86. The number of hydrogen-bond acceptors (Lipinski definition) is 4. The topological polar surface area (TPSA) is 63.6 Å². The van der Waals surface area contributed by atoms with Crippen LogP contribution in [0.3, 0.4) is 0 Å². The van der Waals surface area contributed by atoms with E-state index >= 15 is 0 Å². The van der Waals surface area contributed by atoms with Crippen LogP contribution in [0.1, 0.15) is 31.2 Å². The third-order valence-corrected chi connectivity index (χ3v) is 6.78. The van der Waals surface area contributed by atoms with Crippen LogP contribution in [-0.4, -0.2) is 19.3 Å². The normalized spacial score (nSPS) is 15.4. The number of aryl methyl sites for hydroxylation is 1. The number of sulfone groups is 1. The lowest BCUT2D eigenvalue weighted by Gasteiger charge is -2.14. The highest BCUT2D eigenvalue weighted by Crippen LogP contribution is 2.36. The second kappa shape index (κ2) is 7.26. The average molecular weight is 381 g/mol. The number of halogens is 1. The summed E-state index contributed by atoms with van der Waals surface area (Å²) in [4.78, 5) is -0.0818. The summed E-state index contributed by atoms with van der Waals surface area (Å²) in [5.41, 5.74) is 0.843. The van der Waals surface area contributed by atoms with Gasteiger partial charge in [0.15, 0.2) is 9.84 Å². The maximum Gasteiger partial charge on any atom is 0.182 e. The van der Waals surface area contributed by atoms with Crippen molar-refractivity contribution in [3.05, 3.63) is 47.0 Å². The van der Waals surface area contributed by atoms with E-state index < -0.39 is 9.84 Å². The van der Waals surface area contributed by atoms with E-state index in [0.717, 1.165) is 31.2 Å². The van der Waals surface area contributed by atoms with Gasteiger partial charge in [0, 0.05) is 6.07 Å². The molecule has 1 aliphatic carbocycles. The second-order valence-corrected chi connectivity index (χ2v) is 8.96. The molecule has 4 nitrogen and oxygen atoms in total. The van der Waals surface area contributed by atoms with Crippen LogP contribution in [0.15, 0.2) is 41.3 Å². The molecule has 0 radical (unpaired) electrons. The highest BCUT2D eigenvalue weighted by atomic mass is 35.5. The molecule has 0 aliphatic heterocycles. The van der Waals surface area contributed by atoms with Crippen LogP contribution >= 0.6 is 11.6 Å². The van der Waals surface area contributed by atoms with Crippen molar-refractivity contribution in [2.24, 2.45) is 5.92 Å². The first-order chi connectivity index (χ1) is 11.9. The van der Waals surface area contributed by atoms with Crippen molar-refractivity contribution in [2.75, 3.05) is 5.75 Å². The Hall–Kier alpha value is -1.72. The smallest absolute Gasteiger partial charge is 0.182 e. The molecule has 25 heavy (non-hydrogen) atoms. The largest absolute Gasteiger partial charge is 0.507 e. The molecule has 0 atom stereocenters. The van der Waals surface area contributed by atoms with Crippen LogP contribution in [0.2, 0.25) is 5.02 Å². The monoisotopic (exact) mass is 380 g/mol. The molecule has 1 aliphatic rings. The van der Waals surface area contributed by atoms with Crippen molar-refractivity contribution >= 4 is 21.4 Å². The van der Waals surface area contributed by atoms with Crippen LogP contribution in [0.5, 0.6) is 17.2 Å². The molecule has 0 amide bonds. The minimum atomic E-state index is -3.57. The van der Waals surface area contributed by atoms with Gasteiger partial charge in [0.25, 0.3) is 0 Å². The molecule has 0 heterocycles. The van der Waals surface area contributed by atoms with Crippen LogP contribution in [0.4, 0.5) is 0 Å². The van der Waals surface area contributed by atoms with Gasteiger partial charge in [-0.25, -0.2) is 8.42 Å². The number of phenolic OH excluding ortho intramolecular Hbond substituents is 1. The molecule has 0 aromatic heterocycles. The summed E-state index contributed by atoms with van der Waals surface area (Å²) in [6, 6.07) is 9.65. The first-order valence-electron chi connectivity index (χ1n) is 8.35. The van der Waals surface area contributed by atoms with E-state index in [1.165, 1.54) is 18.2 Å². The van der Waals surface area contributed by atoms with Gasteiger partial charge in [0.1, 0.15) is 22.1 Å². The van der Waals surface area contributed by atoms with Crippen molar-refractivity contribution in [1.82, 2.24) is 0 Å². The van der Waals surface area contributed by atoms with Crippen molar-refractivity contribution < 1.29 is 18.3 Å². The van der Waals surface area contributed by atoms with Crippen LogP contribution in [0.25, 0.3) is 0 Å². The first-order valence-corrected chi connectivity index (χ1v) is 10.4. The zero-order valence-electron chi connectivity index (χ0n) is 14.0. The zero-order chi connectivity index (χ0) is 18.0. The van der Waals surface area contributed by atoms with E-state index in [9.17, 15) is 13.5 Å². The summed E-state index contributed by atoms with van der Waals surface area (Å²) < 4.78 is 31.2. The fourth-order valence-corrected chi connectivity index (χ4v) is 5.32. The Bertz CT molecular complexity index is 851. The predicted molar refractivity (Wildman–Crippen MR) is 98.4 cm³/mol. The molecule has 3 rings (SSSR count). The van der Waals surface area contributed by atoms with Gasteiger partial charge < -0.3 is 9.84 Å². The average Bonchev–Trinajstić information content (AvgIpc) is 3.04. The van der Waals surface area contributed by atoms with Crippen LogP contribution in [-0.2, 0) is 9.84 Å². The standard InChI is InChI=1S/C19H21ClO4S/c1-13-5-4-8-16(20)19(13)24-15-9-10-17(21)18(11-15)25(22,23)12-14-6-2-3-7-14/h4-5,8-11,14,21H,2-3,6-7,12H2,1H3. The fraction of sp³-hybridized carbons (Fsp3) is 0.368. The van der Waals surface area contributed by atoms with Gasteiger partial charge in [-0.1, -0.05) is 36.6 Å². The Kier molecular flexibility index (Phi) is 5.25. The van der Waals surface area contributed by atoms with Gasteiger partial charge >= 0.3 is 0 Å². The first kappa shape index (κ1) is 18.1. The van der Waals surface area contributed by atoms with Crippen LogP contribution < -0.4 is 4.74 Å². The van der Waals surface area contributed by atoms with Gasteiger partial charge in [-0.05, 0) is 49.4 Å². The van der Waals surface area contributed by atoms with E-state index in [1.807, 2.05) is 19.1 Å².